The van der Waals surface area contributed by atoms with E-state index in [4.69, 9.17) is 4.42 Å². The van der Waals surface area contributed by atoms with Crippen LogP contribution in [0.1, 0.15) is 280 Å². The maximum absolute atomic E-state index is 11.9. The Kier molecular flexibility index (Phi) is 51.0. The molecule has 13 nitrogen and oxygen atoms in total. The molecule has 614 valence electrons. The van der Waals surface area contributed by atoms with Gasteiger partial charge in [-0.2, -0.15) is 0 Å². The highest BCUT2D eigenvalue weighted by atomic mass is 16.3. The minimum atomic E-state index is -0.184. The lowest BCUT2D eigenvalue weighted by atomic mass is 9.77. The third-order valence-electron chi connectivity index (χ3n) is 18.5. The van der Waals surface area contributed by atoms with Crippen molar-refractivity contribution in [3.05, 3.63) is 238 Å². The molecular formula is C99H146N6O7. The van der Waals surface area contributed by atoms with Crippen molar-refractivity contribution >= 4 is 68.0 Å². The van der Waals surface area contributed by atoms with Gasteiger partial charge in [-0.05, 0) is 143 Å². The summed E-state index contributed by atoms with van der Waals surface area (Å²) >= 11 is 0. The summed E-state index contributed by atoms with van der Waals surface area (Å²) in [4.78, 5) is 69.9. The Morgan fingerprint density at radius 2 is 0.768 bits per heavy atom. The second-order valence-electron chi connectivity index (χ2n) is 28.6. The van der Waals surface area contributed by atoms with E-state index in [1.807, 2.05) is 221 Å². The van der Waals surface area contributed by atoms with Gasteiger partial charge in [-0.1, -0.05) is 342 Å². The fraction of sp³-hybridized carbons (Fsp3) is 0.475. The van der Waals surface area contributed by atoms with Crippen molar-refractivity contribution in [2.45, 2.75) is 275 Å². The first-order valence-corrected chi connectivity index (χ1v) is 42.3. The molecule has 0 saturated carbocycles. The van der Waals surface area contributed by atoms with Gasteiger partial charge in [-0.25, -0.2) is 0 Å². The lowest BCUT2D eigenvalue weighted by Crippen LogP contribution is -2.47. The highest BCUT2D eigenvalue weighted by Crippen LogP contribution is 2.36. The van der Waals surface area contributed by atoms with Crippen LogP contribution in [-0.4, -0.2) is 35.4 Å². The van der Waals surface area contributed by atoms with E-state index in [0.717, 1.165) is 72.6 Å². The summed E-state index contributed by atoms with van der Waals surface area (Å²) in [6, 6.07) is 62.5. The fourth-order valence-corrected chi connectivity index (χ4v) is 12.4. The second-order valence-corrected chi connectivity index (χ2v) is 28.6. The largest absolute Gasteiger partial charge is 0.464 e. The molecule has 0 saturated heterocycles. The molecule has 9 aromatic rings. The number of carbonyl (C=O) groups is 6. The number of rotatable bonds is 15. The third-order valence-corrected chi connectivity index (χ3v) is 18.5. The van der Waals surface area contributed by atoms with Gasteiger partial charge in [0, 0.05) is 66.1 Å². The summed E-state index contributed by atoms with van der Waals surface area (Å²) in [6.45, 7) is 50.8. The summed E-state index contributed by atoms with van der Waals surface area (Å²) in [5.41, 5.74) is 12.1. The molecule has 0 radical (unpaired) electrons. The van der Waals surface area contributed by atoms with Gasteiger partial charge in [0.05, 0.1) is 23.9 Å². The molecule has 1 heterocycles. The molecule has 8 aromatic carbocycles. The number of aryl methyl sites for hydroxylation is 3. The Morgan fingerprint density at radius 1 is 0.366 bits per heavy atom. The van der Waals surface area contributed by atoms with Crippen LogP contribution in [0.3, 0.4) is 0 Å². The fourth-order valence-electron chi connectivity index (χ4n) is 12.4. The Bertz CT molecular complexity index is 4120. The minimum Gasteiger partial charge on any atom is -0.464 e. The number of amides is 6. The first kappa shape index (κ1) is 101. The van der Waals surface area contributed by atoms with Crippen LogP contribution in [0.5, 0.6) is 0 Å². The quantitative estimate of drug-likeness (QED) is 0.0551. The van der Waals surface area contributed by atoms with E-state index in [2.05, 4.69) is 166 Å². The maximum atomic E-state index is 11.9. The van der Waals surface area contributed by atoms with Gasteiger partial charge >= 0.3 is 0 Å². The molecular weight excluding hydrogens is 1390 g/mol. The standard InChI is InChI=1S/2C15H21NO.2C15H17NO.C14H19NO.C13H15NO2.6C2H6/c1-11(2)14(17)16-15(3)10-6-8-12-7-4-5-9-13(12)15;1-11(2)15(17)16-14-10-6-4-8-12-7-3-5-9-13(12)14;1-11(2)15(17)16-10-13-8-5-7-12-6-3-4-9-14(12)13;1-11(2)15(17)16-10-12-7-8-13-5-3-4-6-14(13)9-12;1-10(2)14(16)15-13-9-5-7-11-6-3-4-8-12(11)13;1-9(2)13(15)14-7-10-8-16-12-6-4-3-5-11(10)12;6*1-2/h4-5,7,9,11H,6,8,10H2,1-3H3,(H,16,17);3,5,7,9,11,14H,4,6,8,10H2,1-2H3,(H,16,17);2*3-9,11H,10H2,1-2H3,(H,16,17);3-4,6,8,10,13H,5,7,9H2,1-2H3,(H,15,16);3-6,8-9H,7H2,1-2H3,(H,14,15);6*1-2H3. The van der Waals surface area contributed by atoms with E-state index < -0.39 is 0 Å². The van der Waals surface area contributed by atoms with E-state index in [9.17, 15) is 28.8 Å². The number of benzene rings is 8. The molecule has 6 N–H and O–H groups in total. The molecule has 3 unspecified atom stereocenters. The third kappa shape index (κ3) is 34.3. The van der Waals surface area contributed by atoms with Crippen LogP contribution in [0.25, 0.3) is 32.5 Å². The summed E-state index contributed by atoms with van der Waals surface area (Å²) in [6.07, 6.45) is 13.0. The normalized spacial score (nSPS) is 14.4. The van der Waals surface area contributed by atoms with Crippen LogP contribution < -0.4 is 31.9 Å². The predicted molar refractivity (Wildman–Crippen MR) is 477 cm³/mol. The van der Waals surface area contributed by atoms with Gasteiger partial charge in [0.2, 0.25) is 35.4 Å². The zero-order valence-electron chi connectivity index (χ0n) is 73.6. The van der Waals surface area contributed by atoms with E-state index in [1.165, 1.54) is 74.2 Å². The van der Waals surface area contributed by atoms with Crippen molar-refractivity contribution in [2.24, 2.45) is 35.5 Å². The average molecular weight is 1530 g/mol. The van der Waals surface area contributed by atoms with Gasteiger partial charge in [0.1, 0.15) is 5.58 Å². The van der Waals surface area contributed by atoms with Crippen molar-refractivity contribution in [3.63, 3.8) is 0 Å². The molecule has 0 spiro atoms. The van der Waals surface area contributed by atoms with E-state index in [1.54, 1.807) is 6.26 Å². The topological polar surface area (TPSA) is 188 Å². The van der Waals surface area contributed by atoms with Crippen LogP contribution >= 0.6 is 0 Å². The zero-order chi connectivity index (χ0) is 84.3. The lowest BCUT2D eigenvalue weighted by molar-refractivity contribution is -0.126. The van der Waals surface area contributed by atoms with Crippen molar-refractivity contribution in [1.82, 2.24) is 31.9 Å². The summed E-state index contributed by atoms with van der Waals surface area (Å²) < 4.78 is 5.39. The number of furan rings is 1. The smallest absolute Gasteiger partial charge is 0.223 e. The van der Waals surface area contributed by atoms with Crippen LogP contribution in [0.15, 0.2) is 193 Å². The highest BCUT2D eigenvalue weighted by molar-refractivity contribution is 5.87. The summed E-state index contributed by atoms with van der Waals surface area (Å²) in [7, 11) is 0. The highest BCUT2D eigenvalue weighted by Gasteiger charge is 2.34. The van der Waals surface area contributed by atoms with Crippen molar-refractivity contribution in [1.29, 1.82) is 0 Å². The predicted octanol–water partition coefficient (Wildman–Crippen LogP) is 24.2. The summed E-state index contributed by atoms with van der Waals surface area (Å²) in [5, 5.41) is 24.2. The Balaban J connectivity index is 0.000000653. The average Bonchev–Trinajstić information content (AvgIpc) is 0.962. The van der Waals surface area contributed by atoms with Crippen molar-refractivity contribution < 1.29 is 33.2 Å². The van der Waals surface area contributed by atoms with Crippen LogP contribution in [0, 0.1) is 35.5 Å². The van der Waals surface area contributed by atoms with E-state index in [0.29, 0.717) is 19.6 Å². The van der Waals surface area contributed by atoms with E-state index >= 15 is 0 Å². The van der Waals surface area contributed by atoms with Gasteiger partial charge in [-0.3, -0.25) is 28.8 Å². The van der Waals surface area contributed by atoms with Gasteiger partial charge < -0.3 is 36.3 Å². The van der Waals surface area contributed by atoms with Crippen molar-refractivity contribution in [2.75, 3.05) is 0 Å². The zero-order valence-corrected chi connectivity index (χ0v) is 73.6. The number of nitrogens with one attached hydrogen (secondary N) is 6. The van der Waals surface area contributed by atoms with Crippen LogP contribution in [0.2, 0.25) is 0 Å². The molecule has 3 atom stereocenters. The van der Waals surface area contributed by atoms with Gasteiger partial charge in [0.15, 0.2) is 0 Å². The molecule has 0 fully saturated rings. The van der Waals surface area contributed by atoms with Gasteiger partial charge in [-0.15, -0.1) is 0 Å². The molecule has 12 rings (SSSR count). The van der Waals surface area contributed by atoms with Crippen molar-refractivity contribution in [3.8, 4) is 0 Å². The Labute approximate surface area is 677 Å². The molecule has 0 bridgehead atoms. The molecule has 3 aliphatic carbocycles. The number of fused-ring (bicyclic) bond motifs is 6. The molecule has 6 amide bonds. The minimum absolute atomic E-state index is 0.0122. The Morgan fingerprint density at radius 3 is 1.29 bits per heavy atom. The first-order valence-electron chi connectivity index (χ1n) is 42.3. The molecule has 1 aromatic heterocycles. The lowest BCUT2D eigenvalue weighted by Gasteiger charge is -2.37. The first-order chi connectivity index (χ1) is 53.9. The monoisotopic (exact) mass is 1530 g/mol. The van der Waals surface area contributed by atoms with E-state index in [-0.39, 0.29) is 88.6 Å². The van der Waals surface area contributed by atoms with Crippen LogP contribution in [0.4, 0.5) is 0 Å². The number of carbonyl (C=O) groups excluding carboxylic acids is 6. The molecule has 3 aliphatic rings. The second kappa shape index (κ2) is 56.8. The van der Waals surface area contributed by atoms with Crippen LogP contribution in [-0.2, 0) is 73.2 Å². The number of hydrogen-bond acceptors (Lipinski definition) is 7. The maximum Gasteiger partial charge on any atom is 0.223 e. The molecule has 0 aliphatic heterocycles. The van der Waals surface area contributed by atoms with Gasteiger partial charge in [0.25, 0.3) is 0 Å². The SMILES string of the molecule is CC.CC.CC.CC.CC.CC.CC(C)C(=O)NC1(C)CCCc2ccccc21.CC(C)C(=O)NC1CCCCc2ccccc21.CC(C)C(=O)NC1CCCc2ccccc21.CC(C)C(=O)NCc1ccc2ccccc2c1.CC(C)C(=O)NCc1cccc2ccccc12.CC(C)C(=O)NCc1coc2ccccc12. The number of para-hydroxylation sites is 1. The number of hydrogen-bond donors (Lipinski definition) is 6. The molecule has 13 heteroatoms. The summed E-state index contributed by atoms with van der Waals surface area (Å²) in [5.74, 6) is 0.956. The Hall–Kier alpha value is -9.36. The molecule has 112 heavy (non-hydrogen) atoms.